The van der Waals surface area contributed by atoms with Crippen molar-refractivity contribution in [3.63, 3.8) is 0 Å². The van der Waals surface area contributed by atoms with Crippen LogP contribution in [0.5, 0.6) is 0 Å². The highest BCUT2D eigenvalue weighted by Crippen LogP contribution is 2.09. The molecule has 0 bridgehead atoms. The first-order chi connectivity index (χ1) is 7.19. The van der Waals surface area contributed by atoms with Gasteiger partial charge in [0.2, 0.25) is 5.91 Å². The maximum atomic E-state index is 11.3. The van der Waals surface area contributed by atoms with Gasteiger partial charge in [-0.05, 0) is 13.0 Å². The number of nitrogens with zero attached hydrogens (tertiary/aromatic N) is 1. The van der Waals surface area contributed by atoms with Gasteiger partial charge in [0.1, 0.15) is 0 Å². The third-order valence-corrected chi connectivity index (χ3v) is 2.76. The van der Waals surface area contributed by atoms with Crippen molar-refractivity contribution >= 4 is 5.91 Å². The van der Waals surface area contributed by atoms with Crippen LogP contribution in [0.2, 0.25) is 0 Å². The molecule has 2 unspecified atom stereocenters. The van der Waals surface area contributed by atoms with E-state index in [0.717, 1.165) is 19.5 Å². The zero-order valence-corrected chi connectivity index (χ0v) is 9.49. The summed E-state index contributed by atoms with van der Waals surface area (Å²) in [6, 6.07) is 0.0715. The minimum Gasteiger partial charge on any atom is -0.390 e. The number of rotatable bonds is 5. The van der Waals surface area contributed by atoms with Gasteiger partial charge in [-0.15, -0.1) is 0 Å². The van der Waals surface area contributed by atoms with Crippen LogP contribution in [0.3, 0.4) is 0 Å². The summed E-state index contributed by atoms with van der Waals surface area (Å²) in [5.41, 5.74) is 0. The van der Waals surface area contributed by atoms with Crippen LogP contribution >= 0.6 is 0 Å². The van der Waals surface area contributed by atoms with Gasteiger partial charge in [-0.1, -0.05) is 6.92 Å². The van der Waals surface area contributed by atoms with Crippen LogP contribution in [0.1, 0.15) is 13.3 Å². The molecule has 0 radical (unpaired) electrons. The average molecular weight is 215 g/mol. The minimum absolute atomic E-state index is 0.00236. The van der Waals surface area contributed by atoms with E-state index in [-0.39, 0.29) is 18.1 Å². The highest BCUT2D eigenvalue weighted by molar-refractivity contribution is 5.77. The fourth-order valence-electron chi connectivity index (χ4n) is 1.94. The lowest BCUT2D eigenvalue weighted by atomic mass is 10.1. The molecule has 0 aromatic carbocycles. The topological polar surface area (TPSA) is 64.6 Å². The number of hydrogen-bond acceptors (Lipinski definition) is 4. The number of amides is 1. The van der Waals surface area contributed by atoms with E-state index < -0.39 is 0 Å². The molecule has 5 nitrogen and oxygen atoms in total. The van der Waals surface area contributed by atoms with Gasteiger partial charge in [-0.3, -0.25) is 9.69 Å². The molecular weight excluding hydrogens is 194 g/mol. The largest absolute Gasteiger partial charge is 0.390 e. The van der Waals surface area contributed by atoms with E-state index in [0.29, 0.717) is 13.1 Å². The Kier molecular flexibility index (Phi) is 5.01. The number of hydrogen-bond donors (Lipinski definition) is 3. The maximum Gasteiger partial charge on any atom is 0.233 e. The zero-order chi connectivity index (χ0) is 11.3. The fourth-order valence-corrected chi connectivity index (χ4v) is 1.94. The number of carbonyl (C=O) groups excluding carboxylic acids is 1. The van der Waals surface area contributed by atoms with Crippen LogP contribution in [-0.2, 0) is 4.79 Å². The Labute approximate surface area is 90.8 Å². The number of aliphatic hydroxyl groups excluding tert-OH is 1. The van der Waals surface area contributed by atoms with Crippen LogP contribution in [-0.4, -0.2) is 61.3 Å². The molecule has 1 heterocycles. The molecule has 0 aromatic heterocycles. The van der Waals surface area contributed by atoms with Gasteiger partial charge in [0, 0.05) is 26.2 Å². The summed E-state index contributed by atoms with van der Waals surface area (Å²) in [7, 11) is 1.63. The number of carbonyl (C=O) groups is 1. The van der Waals surface area contributed by atoms with Crippen LogP contribution in [0, 0.1) is 0 Å². The van der Waals surface area contributed by atoms with E-state index in [4.69, 9.17) is 0 Å². The Morgan fingerprint density at radius 1 is 1.60 bits per heavy atom. The Balaban J connectivity index is 2.52. The predicted molar refractivity (Wildman–Crippen MR) is 58.6 cm³/mol. The van der Waals surface area contributed by atoms with Crippen LogP contribution in [0.4, 0.5) is 0 Å². The maximum absolute atomic E-state index is 11.3. The van der Waals surface area contributed by atoms with Crippen molar-refractivity contribution in [2.45, 2.75) is 25.5 Å². The minimum atomic E-state index is -0.360. The molecule has 1 rings (SSSR count). The summed E-state index contributed by atoms with van der Waals surface area (Å²) in [6.45, 7) is 4.67. The summed E-state index contributed by atoms with van der Waals surface area (Å²) in [5.74, 6) is 0.00236. The average Bonchev–Trinajstić information content (AvgIpc) is 2.63. The van der Waals surface area contributed by atoms with Crippen LogP contribution in [0.15, 0.2) is 0 Å². The molecule has 5 heteroatoms. The number of β-amino-alcohol motifs (C(OH)–C–C–N with tert-alkyl or cyclic N) is 1. The van der Waals surface area contributed by atoms with Gasteiger partial charge < -0.3 is 15.7 Å². The molecule has 1 aliphatic heterocycles. The summed E-state index contributed by atoms with van der Waals surface area (Å²) < 4.78 is 0. The molecule has 1 amide bonds. The second kappa shape index (κ2) is 6.05. The first-order valence-electron chi connectivity index (χ1n) is 5.52. The molecule has 0 aliphatic carbocycles. The Morgan fingerprint density at radius 2 is 2.33 bits per heavy atom. The third kappa shape index (κ3) is 3.44. The van der Waals surface area contributed by atoms with E-state index in [1.54, 1.807) is 7.05 Å². The van der Waals surface area contributed by atoms with E-state index in [2.05, 4.69) is 17.6 Å². The van der Waals surface area contributed by atoms with Gasteiger partial charge in [0.05, 0.1) is 12.6 Å². The van der Waals surface area contributed by atoms with Crippen LogP contribution < -0.4 is 10.6 Å². The first kappa shape index (κ1) is 12.4. The normalized spacial score (nSPS) is 25.9. The summed E-state index contributed by atoms with van der Waals surface area (Å²) in [4.78, 5) is 13.4. The van der Waals surface area contributed by atoms with E-state index in [1.165, 1.54) is 0 Å². The van der Waals surface area contributed by atoms with Gasteiger partial charge in [-0.2, -0.15) is 0 Å². The fraction of sp³-hybridized carbons (Fsp3) is 0.900. The van der Waals surface area contributed by atoms with Gasteiger partial charge in [0.15, 0.2) is 0 Å². The Hall–Kier alpha value is -0.650. The van der Waals surface area contributed by atoms with Gasteiger partial charge >= 0.3 is 0 Å². The number of nitrogens with one attached hydrogen (secondary N) is 2. The monoisotopic (exact) mass is 215 g/mol. The third-order valence-electron chi connectivity index (χ3n) is 2.76. The standard InChI is InChI=1S/C10H21N3O2/c1-3-4-13(7-10(15)11-2)8-5-12-6-9(8)14/h8-9,12,14H,3-7H2,1-2H3,(H,11,15). The van der Waals surface area contributed by atoms with Crippen molar-refractivity contribution in [1.82, 2.24) is 15.5 Å². The van der Waals surface area contributed by atoms with Crippen molar-refractivity contribution in [3.8, 4) is 0 Å². The molecule has 2 atom stereocenters. The summed E-state index contributed by atoms with van der Waals surface area (Å²) >= 11 is 0. The second-order valence-corrected chi connectivity index (χ2v) is 3.94. The molecule has 0 saturated carbocycles. The van der Waals surface area contributed by atoms with E-state index >= 15 is 0 Å². The molecule has 3 N–H and O–H groups in total. The SMILES string of the molecule is CCCN(CC(=O)NC)C1CNCC1O. The zero-order valence-electron chi connectivity index (χ0n) is 9.49. The second-order valence-electron chi connectivity index (χ2n) is 3.94. The van der Waals surface area contributed by atoms with Crippen molar-refractivity contribution in [2.75, 3.05) is 33.2 Å². The molecule has 1 aliphatic rings. The lowest BCUT2D eigenvalue weighted by Crippen LogP contribution is -2.47. The van der Waals surface area contributed by atoms with E-state index in [9.17, 15) is 9.90 Å². The van der Waals surface area contributed by atoms with Crippen molar-refractivity contribution in [3.05, 3.63) is 0 Å². The molecule has 0 spiro atoms. The van der Waals surface area contributed by atoms with Crippen molar-refractivity contribution in [2.24, 2.45) is 0 Å². The predicted octanol–water partition coefficient (Wildman–Crippen LogP) is -1.22. The van der Waals surface area contributed by atoms with Gasteiger partial charge in [-0.25, -0.2) is 0 Å². The molecular formula is C10H21N3O2. The van der Waals surface area contributed by atoms with Gasteiger partial charge in [0.25, 0.3) is 0 Å². The van der Waals surface area contributed by atoms with Crippen LogP contribution in [0.25, 0.3) is 0 Å². The molecule has 15 heavy (non-hydrogen) atoms. The highest BCUT2D eigenvalue weighted by atomic mass is 16.3. The summed E-state index contributed by atoms with van der Waals surface area (Å²) in [6.07, 6.45) is 0.626. The Bertz CT molecular complexity index is 211. The number of likely N-dealkylation sites (N-methyl/N-ethyl adjacent to an activating group) is 1. The lowest BCUT2D eigenvalue weighted by Gasteiger charge is -2.29. The number of aliphatic hydroxyl groups is 1. The lowest BCUT2D eigenvalue weighted by molar-refractivity contribution is -0.122. The molecule has 1 fully saturated rings. The molecule has 1 saturated heterocycles. The van der Waals surface area contributed by atoms with Crippen molar-refractivity contribution < 1.29 is 9.90 Å². The smallest absolute Gasteiger partial charge is 0.233 e. The van der Waals surface area contributed by atoms with E-state index in [1.807, 2.05) is 4.90 Å². The first-order valence-corrected chi connectivity index (χ1v) is 5.52. The quantitative estimate of drug-likeness (QED) is 0.538. The highest BCUT2D eigenvalue weighted by Gasteiger charge is 2.30. The molecule has 0 aromatic rings. The Morgan fingerprint density at radius 3 is 2.80 bits per heavy atom. The van der Waals surface area contributed by atoms with Crippen molar-refractivity contribution in [1.29, 1.82) is 0 Å². The molecule has 88 valence electrons. The summed E-state index contributed by atoms with van der Waals surface area (Å²) in [5, 5.41) is 15.5.